The van der Waals surface area contributed by atoms with Gasteiger partial charge in [-0.2, -0.15) is 5.10 Å². The van der Waals surface area contributed by atoms with Crippen molar-refractivity contribution < 1.29 is 9.47 Å². The molecule has 4 rings (SSSR count). The van der Waals surface area contributed by atoms with Gasteiger partial charge in [-0.15, -0.1) is 11.3 Å². The van der Waals surface area contributed by atoms with Gasteiger partial charge in [0.05, 0.1) is 29.2 Å². The Morgan fingerprint density at radius 3 is 2.67 bits per heavy atom. The number of hydrogen-bond acceptors (Lipinski definition) is 5. The molecule has 0 radical (unpaired) electrons. The molecule has 0 aliphatic rings. The van der Waals surface area contributed by atoms with E-state index in [1.165, 1.54) is 4.70 Å². The summed E-state index contributed by atoms with van der Waals surface area (Å²) in [6, 6.07) is 17.7. The van der Waals surface area contributed by atoms with Crippen molar-refractivity contribution in [1.82, 2.24) is 14.8 Å². The van der Waals surface area contributed by atoms with Gasteiger partial charge in [0.25, 0.3) is 0 Å². The first-order valence-electron chi connectivity index (χ1n) is 7.49. The lowest BCUT2D eigenvalue weighted by molar-refractivity contribution is 0.306. The average Bonchev–Trinajstić information content (AvgIpc) is 3.26. The molecule has 24 heavy (non-hydrogen) atoms. The molecular formula is C18H15N3O2S. The van der Waals surface area contributed by atoms with E-state index >= 15 is 0 Å². The van der Waals surface area contributed by atoms with Crippen molar-refractivity contribution in [2.75, 3.05) is 7.11 Å². The van der Waals surface area contributed by atoms with Crippen LogP contribution in [0, 0.1) is 0 Å². The van der Waals surface area contributed by atoms with Crippen LogP contribution in [-0.4, -0.2) is 21.9 Å². The molecule has 2 aromatic heterocycles. The van der Waals surface area contributed by atoms with E-state index in [2.05, 4.69) is 16.1 Å². The quantitative estimate of drug-likeness (QED) is 0.551. The summed E-state index contributed by atoms with van der Waals surface area (Å²) in [5, 5.41) is 5.21. The molecule has 0 unspecified atom stereocenters. The zero-order chi connectivity index (χ0) is 16.4. The van der Waals surface area contributed by atoms with Gasteiger partial charge >= 0.3 is 0 Å². The summed E-state index contributed by atoms with van der Waals surface area (Å²) in [5.74, 6) is 1.49. The van der Waals surface area contributed by atoms with Gasteiger partial charge in [0.1, 0.15) is 17.4 Å². The number of fused-ring (bicyclic) bond motifs is 1. The Labute approximate surface area is 143 Å². The summed E-state index contributed by atoms with van der Waals surface area (Å²) in [4.78, 5) is 4.57. The number of benzene rings is 2. The number of methoxy groups -OCH3 is 1. The topological polar surface area (TPSA) is 49.2 Å². The zero-order valence-corrected chi connectivity index (χ0v) is 13.9. The predicted octanol–water partition coefficient (Wildman–Crippen LogP) is 4.07. The number of aromatic nitrogens is 3. The third kappa shape index (κ3) is 2.83. The van der Waals surface area contributed by atoms with Gasteiger partial charge in [-0.1, -0.05) is 12.1 Å². The molecule has 2 aromatic carbocycles. The molecule has 0 aliphatic carbocycles. The molecular weight excluding hydrogens is 322 g/mol. The van der Waals surface area contributed by atoms with Crippen LogP contribution < -0.4 is 9.47 Å². The fourth-order valence-corrected chi connectivity index (χ4v) is 3.33. The lowest BCUT2D eigenvalue weighted by Gasteiger charge is -2.08. The summed E-state index contributed by atoms with van der Waals surface area (Å²) in [5.41, 5.74) is 1.94. The maximum atomic E-state index is 5.84. The first-order valence-corrected chi connectivity index (χ1v) is 8.31. The number of rotatable bonds is 5. The Balaban J connectivity index is 1.47. The fraction of sp³-hybridized carbons (Fsp3) is 0.111. The van der Waals surface area contributed by atoms with Gasteiger partial charge in [-0.3, -0.25) is 0 Å². The molecule has 0 bridgehead atoms. The molecule has 0 N–H and O–H groups in total. The van der Waals surface area contributed by atoms with Crippen LogP contribution in [0.25, 0.3) is 15.9 Å². The van der Waals surface area contributed by atoms with Crippen molar-refractivity contribution in [2.45, 2.75) is 6.61 Å². The Morgan fingerprint density at radius 2 is 1.88 bits per heavy atom. The minimum atomic E-state index is 0.462. The minimum absolute atomic E-state index is 0.462. The molecule has 0 saturated carbocycles. The molecule has 5 nitrogen and oxygen atoms in total. The van der Waals surface area contributed by atoms with E-state index in [1.54, 1.807) is 29.3 Å². The highest BCUT2D eigenvalue weighted by Gasteiger charge is 2.06. The van der Waals surface area contributed by atoms with E-state index in [0.29, 0.717) is 12.5 Å². The molecule has 0 fully saturated rings. The van der Waals surface area contributed by atoms with Crippen LogP contribution in [0.4, 0.5) is 0 Å². The highest BCUT2D eigenvalue weighted by Crippen LogP contribution is 2.24. The SMILES string of the molecule is COc1ccnn1-c1ccc(OCc2nc3ccccc3s2)cc1. The summed E-state index contributed by atoms with van der Waals surface area (Å²) >= 11 is 1.66. The molecule has 0 aliphatic heterocycles. The number of para-hydroxylation sites is 1. The zero-order valence-electron chi connectivity index (χ0n) is 13.0. The highest BCUT2D eigenvalue weighted by atomic mass is 32.1. The molecule has 120 valence electrons. The fourth-order valence-electron chi connectivity index (χ4n) is 2.45. The third-order valence-electron chi connectivity index (χ3n) is 3.60. The van der Waals surface area contributed by atoms with Crippen molar-refractivity contribution in [3.8, 4) is 17.3 Å². The summed E-state index contributed by atoms with van der Waals surface area (Å²) in [6.45, 7) is 0.462. The van der Waals surface area contributed by atoms with Crippen LogP contribution >= 0.6 is 11.3 Å². The first kappa shape index (κ1) is 14.7. The number of nitrogens with zero attached hydrogens (tertiary/aromatic N) is 3. The molecule has 0 spiro atoms. The van der Waals surface area contributed by atoms with Crippen molar-refractivity contribution >= 4 is 21.6 Å². The third-order valence-corrected chi connectivity index (χ3v) is 4.61. The number of hydrogen-bond donors (Lipinski definition) is 0. The number of thiazole rings is 1. The monoisotopic (exact) mass is 337 g/mol. The second-order valence-corrected chi connectivity index (χ2v) is 6.26. The highest BCUT2D eigenvalue weighted by molar-refractivity contribution is 7.18. The Kier molecular flexibility index (Phi) is 3.88. The van der Waals surface area contributed by atoms with E-state index in [0.717, 1.165) is 22.0 Å². The van der Waals surface area contributed by atoms with E-state index in [4.69, 9.17) is 9.47 Å². The summed E-state index contributed by atoms with van der Waals surface area (Å²) in [7, 11) is 1.63. The summed E-state index contributed by atoms with van der Waals surface area (Å²) in [6.07, 6.45) is 1.70. The summed E-state index contributed by atoms with van der Waals surface area (Å²) < 4.78 is 14.0. The van der Waals surface area contributed by atoms with Crippen LogP contribution in [-0.2, 0) is 6.61 Å². The second kappa shape index (κ2) is 6.33. The normalized spacial score (nSPS) is 10.9. The van der Waals surface area contributed by atoms with Crippen LogP contribution in [0.5, 0.6) is 11.6 Å². The lowest BCUT2D eigenvalue weighted by atomic mass is 10.3. The van der Waals surface area contributed by atoms with Crippen molar-refractivity contribution in [3.63, 3.8) is 0 Å². The lowest BCUT2D eigenvalue weighted by Crippen LogP contribution is -2.00. The Bertz CT molecular complexity index is 927. The van der Waals surface area contributed by atoms with Crippen LogP contribution in [0.3, 0.4) is 0 Å². The molecule has 4 aromatic rings. The average molecular weight is 337 g/mol. The first-order chi connectivity index (χ1) is 11.8. The minimum Gasteiger partial charge on any atom is -0.486 e. The maximum absolute atomic E-state index is 5.84. The Hall–Kier alpha value is -2.86. The number of ether oxygens (including phenoxy) is 2. The van der Waals surface area contributed by atoms with Gasteiger partial charge in [-0.25, -0.2) is 9.67 Å². The van der Waals surface area contributed by atoms with Gasteiger partial charge in [0, 0.05) is 6.07 Å². The van der Waals surface area contributed by atoms with Crippen LogP contribution in [0.2, 0.25) is 0 Å². The van der Waals surface area contributed by atoms with E-state index in [9.17, 15) is 0 Å². The largest absolute Gasteiger partial charge is 0.486 e. The molecule has 0 amide bonds. The predicted molar refractivity (Wildman–Crippen MR) is 94.1 cm³/mol. The standard InChI is InChI=1S/C18H15N3O2S/c1-22-18-10-11-19-21(18)13-6-8-14(9-7-13)23-12-17-20-15-4-2-3-5-16(15)24-17/h2-11H,12H2,1H3. The van der Waals surface area contributed by atoms with E-state index < -0.39 is 0 Å². The maximum Gasteiger partial charge on any atom is 0.216 e. The molecule has 2 heterocycles. The van der Waals surface area contributed by atoms with Crippen molar-refractivity contribution in [3.05, 3.63) is 65.8 Å². The van der Waals surface area contributed by atoms with E-state index in [-0.39, 0.29) is 0 Å². The van der Waals surface area contributed by atoms with Gasteiger partial charge in [0.15, 0.2) is 0 Å². The van der Waals surface area contributed by atoms with Crippen molar-refractivity contribution in [1.29, 1.82) is 0 Å². The van der Waals surface area contributed by atoms with Crippen molar-refractivity contribution in [2.24, 2.45) is 0 Å². The molecule has 6 heteroatoms. The second-order valence-electron chi connectivity index (χ2n) is 5.14. The van der Waals surface area contributed by atoms with Gasteiger partial charge < -0.3 is 9.47 Å². The van der Waals surface area contributed by atoms with Gasteiger partial charge in [0.2, 0.25) is 5.88 Å². The van der Waals surface area contributed by atoms with Crippen LogP contribution in [0.1, 0.15) is 5.01 Å². The van der Waals surface area contributed by atoms with Gasteiger partial charge in [-0.05, 0) is 36.4 Å². The van der Waals surface area contributed by atoms with Crippen LogP contribution in [0.15, 0.2) is 60.8 Å². The molecule has 0 atom stereocenters. The smallest absolute Gasteiger partial charge is 0.216 e. The molecule has 0 saturated heterocycles. The Morgan fingerprint density at radius 1 is 1.04 bits per heavy atom. The van der Waals surface area contributed by atoms with E-state index in [1.807, 2.05) is 48.5 Å².